The van der Waals surface area contributed by atoms with Gasteiger partial charge in [0.2, 0.25) is 0 Å². The fraction of sp³-hybridized carbons (Fsp3) is 0.478. The first-order chi connectivity index (χ1) is 14.2. The molecule has 6 nitrogen and oxygen atoms in total. The van der Waals surface area contributed by atoms with Gasteiger partial charge >= 0.3 is 0 Å². The van der Waals surface area contributed by atoms with Crippen molar-refractivity contribution in [3.8, 4) is 0 Å². The molecule has 0 unspecified atom stereocenters. The van der Waals surface area contributed by atoms with E-state index in [1.807, 2.05) is 18.2 Å². The average molecular weight is 394 g/mol. The Morgan fingerprint density at radius 1 is 0.966 bits per heavy atom. The van der Waals surface area contributed by atoms with Crippen LogP contribution < -0.4 is 15.5 Å². The second-order valence-electron chi connectivity index (χ2n) is 8.23. The molecular weight excluding hydrogens is 362 g/mol. The summed E-state index contributed by atoms with van der Waals surface area (Å²) in [4.78, 5) is 21.7. The van der Waals surface area contributed by atoms with Gasteiger partial charge in [-0.05, 0) is 50.2 Å². The first-order valence-corrected chi connectivity index (χ1v) is 10.7. The molecule has 0 bridgehead atoms. The summed E-state index contributed by atoms with van der Waals surface area (Å²) in [5, 5.41) is 6.53. The molecule has 2 N–H and O–H groups in total. The van der Waals surface area contributed by atoms with Gasteiger partial charge < -0.3 is 20.4 Å². The van der Waals surface area contributed by atoms with Gasteiger partial charge in [0.15, 0.2) is 0 Å². The molecule has 2 aliphatic rings. The van der Waals surface area contributed by atoms with E-state index >= 15 is 0 Å². The van der Waals surface area contributed by atoms with E-state index in [1.165, 1.54) is 37.8 Å². The summed E-state index contributed by atoms with van der Waals surface area (Å²) in [6.07, 6.45) is 9.68. The molecule has 1 amide bonds. The molecule has 1 aromatic heterocycles. The maximum atomic E-state index is 12.7. The van der Waals surface area contributed by atoms with Gasteiger partial charge in [0.25, 0.3) is 5.91 Å². The van der Waals surface area contributed by atoms with Gasteiger partial charge in [-0.1, -0.05) is 19.3 Å². The summed E-state index contributed by atoms with van der Waals surface area (Å²) in [5.74, 6) is -0.128. The van der Waals surface area contributed by atoms with Gasteiger partial charge in [0.1, 0.15) is 0 Å². The van der Waals surface area contributed by atoms with Crippen LogP contribution in [0.25, 0.3) is 0 Å². The lowest BCUT2D eigenvalue weighted by Crippen LogP contribution is -2.44. The fourth-order valence-corrected chi connectivity index (χ4v) is 4.15. The van der Waals surface area contributed by atoms with Crippen molar-refractivity contribution in [1.29, 1.82) is 0 Å². The normalized spacial score (nSPS) is 18.4. The van der Waals surface area contributed by atoms with Crippen LogP contribution in [0.4, 0.5) is 17.1 Å². The van der Waals surface area contributed by atoms with E-state index in [1.54, 1.807) is 12.4 Å². The third-order valence-corrected chi connectivity index (χ3v) is 5.97. The van der Waals surface area contributed by atoms with Gasteiger partial charge in [0.05, 0.1) is 11.3 Å². The van der Waals surface area contributed by atoms with E-state index in [0.29, 0.717) is 11.6 Å². The summed E-state index contributed by atoms with van der Waals surface area (Å²) >= 11 is 0. The number of hydrogen-bond donors (Lipinski definition) is 2. The van der Waals surface area contributed by atoms with Gasteiger partial charge in [0, 0.05) is 56.0 Å². The minimum atomic E-state index is -0.128. The van der Waals surface area contributed by atoms with Crippen LogP contribution in [-0.2, 0) is 0 Å². The molecule has 2 heterocycles. The van der Waals surface area contributed by atoms with Gasteiger partial charge in [-0.3, -0.25) is 9.78 Å². The number of carbonyl (C=O) groups is 1. The summed E-state index contributed by atoms with van der Waals surface area (Å²) in [5.41, 5.74) is 3.51. The Labute approximate surface area is 173 Å². The van der Waals surface area contributed by atoms with Crippen LogP contribution >= 0.6 is 0 Å². The molecule has 4 rings (SSSR count). The Morgan fingerprint density at radius 3 is 2.41 bits per heavy atom. The number of anilines is 3. The first kappa shape index (κ1) is 19.7. The molecule has 2 aromatic rings. The molecular formula is C23H31N5O. The van der Waals surface area contributed by atoms with Crippen molar-refractivity contribution in [2.75, 3.05) is 48.8 Å². The van der Waals surface area contributed by atoms with E-state index in [-0.39, 0.29) is 5.91 Å². The molecule has 154 valence electrons. The molecule has 0 radical (unpaired) electrons. The second kappa shape index (κ2) is 9.27. The van der Waals surface area contributed by atoms with Gasteiger partial charge in [-0.15, -0.1) is 0 Å². The molecule has 1 aromatic carbocycles. The summed E-state index contributed by atoms with van der Waals surface area (Å²) < 4.78 is 0. The quantitative estimate of drug-likeness (QED) is 0.808. The highest BCUT2D eigenvalue weighted by Gasteiger charge is 2.16. The van der Waals surface area contributed by atoms with Crippen LogP contribution in [-0.4, -0.2) is 55.1 Å². The number of rotatable bonds is 5. The Balaban J connectivity index is 1.35. The number of nitrogens with zero attached hydrogens (tertiary/aromatic N) is 3. The lowest BCUT2D eigenvalue weighted by atomic mass is 9.95. The van der Waals surface area contributed by atoms with E-state index in [9.17, 15) is 4.79 Å². The van der Waals surface area contributed by atoms with Crippen LogP contribution in [0.2, 0.25) is 0 Å². The maximum absolute atomic E-state index is 12.7. The number of benzene rings is 1. The number of nitrogens with one attached hydrogen (secondary N) is 2. The predicted molar refractivity (Wildman–Crippen MR) is 119 cm³/mol. The standard InChI is InChI=1S/C23H31N5O/c1-27-11-13-28(14-12-27)22-9-7-20(8-10-22)26-23(29)18-15-21(17-24-16-18)25-19-5-3-2-4-6-19/h7-10,15-17,19,25H,2-6,11-14H2,1H3,(H,26,29). The molecule has 29 heavy (non-hydrogen) atoms. The lowest BCUT2D eigenvalue weighted by molar-refractivity contribution is 0.102. The van der Waals surface area contributed by atoms with Crippen molar-refractivity contribution < 1.29 is 4.79 Å². The SMILES string of the molecule is CN1CCN(c2ccc(NC(=O)c3cncc(NC4CCCCC4)c3)cc2)CC1. The molecule has 0 atom stereocenters. The van der Waals surface area contributed by atoms with Crippen molar-refractivity contribution in [2.45, 2.75) is 38.1 Å². The average Bonchev–Trinajstić information content (AvgIpc) is 2.76. The number of pyridine rings is 1. The minimum absolute atomic E-state index is 0.128. The smallest absolute Gasteiger partial charge is 0.257 e. The van der Waals surface area contributed by atoms with E-state index in [4.69, 9.17) is 0 Å². The largest absolute Gasteiger partial charge is 0.381 e. The zero-order valence-electron chi connectivity index (χ0n) is 17.2. The van der Waals surface area contributed by atoms with Crippen molar-refractivity contribution in [3.05, 3.63) is 48.3 Å². The monoisotopic (exact) mass is 393 g/mol. The number of piperazine rings is 1. The zero-order chi connectivity index (χ0) is 20.1. The molecule has 1 saturated carbocycles. The fourth-order valence-electron chi connectivity index (χ4n) is 4.15. The van der Waals surface area contributed by atoms with Gasteiger partial charge in [-0.2, -0.15) is 0 Å². The maximum Gasteiger partial charge on any atom is 0.257 e. The van der Waals surface area contributed by atoms with Crippen LogP contribution in [0.1, 0.15) is 42.5 Å². The van der Waals surface area contributed by atoms with Crippen LogP contribution in [0.15, 0.2) is 42.7 Å². The Hall–Kier alpha value is -2.60. The highest BCUT2D eigenvalue weighted by Crippen LogP contribution is 2.23. The molecule has 2 fully saturated rings. The lowest BCUT2D eigenvalue weighted by Gasteiger charge is -2.34. The highest BCUT2D eigenvalue weighted by atomic mass is 16.1. The van der Waals surface area contributed by atoms with Crippen molar-refractivity contribution >= 4 is 23.0 Å². The number of aromatic nitrogens is 1. The molecule has 0 spiro atoms. The topological polar surface area (TPSA) is 60.5 Å². The van der Waals surface area contributed by atoms with E-state index in [0.717, 1.165) is 37.6 Å². The minimum Gasteiger partial charge on any atom is -0.381 e. The molecule has 1 saturated heterocycles. The van der Waals surface area contributed by atoms with E-state index in [2.05, 4.69) is 44.6 Å². The Morgan fingerprint density at radius 2 is 1.69 bits per heavy atom. The third kappa shape index (κ3) is 5.26. The number of likely N-dealkylation sites (N-methyl/N-ethyl adjacent to an activating group) is 1. The predicted octanol–water partition coefficient (Wildman–Crippen LogP) is 3.83. The van der Waals surface area contributed by atoms with Crippen molar-refractivity contribution in [1.82, 2.24) is 9.88 Å². The van der Waals surface area contributed by atoms with E-state index < -0.39 is 0 Å². The molecule has 1 aliphatic heterocycles. The third-order valence-electron chi connectivity index (χ3n) is 5.97. The number of amides is 1. The molecule has 1 aliphatic carbocycles. The van der Waals surface area contributed by atoms with Crippen LogP contribution in [0, 0.1) is 0 Å². The summed E-state index contributed by atoms with van der Waals surface area (Å²) in [6.45, 7) is 4.23. The zero-order valence-corrected chi connectivity index (χ0v) is 17.2. The number of carbonyl (C=O) groups excluding carboxylic acids is 1. The van der Waals surface area contributed by atoms with Crippen LogP contribution in [0.3, 0.4) is 0 Å². The Kier molecular flexibility index (Phi) is 6.30. The summed E-state index contributed by atoms with van der Waals surface area (Å²) in [6, 6.07) is 10.5. The van der Waals surface area contributed by atoms with Gasteiger partial charge in [-0.25, -0.2) is 0 Å². The Bertz CT molecular complexity index is 808. The summed E-state index contributed by atoms with van der Waals surface area (Å²) in [7, 11) is 2.16. The number of hydrogen-bond acceptors (Lipinski definition) is 5. The first-order valence-electron chi connectivity index (χ1n) is 10.7. The second-order valence-corrected chi connectivity index (χ2v) is 8.23. The highest BCUT2D eigenvalue weighted by molar-refractivity contribution is 6.04. The van der Waals surface area contributed by atoms with Crippen molar-refractivity contribution in [3.63, 3.8) is 0 Å². The van der Waals surface area contributed by atoms with Crippen molar-refractivity contribution in [2.24, 2.45) is 0 Å². The van der Waals surface area contributed by atoms with Crippen LogP contribution in [0.5, 0.6) is 0 Å². The molecule has 6 heteroatoms.